The normalized spacial score (nSPS) is 11.0. The number of carbonyl (C=O) groups is 1. The summed E-state index contributed by atoms with van der Waals surface area (Å²) in [6.45, 7) is 7.66. The largest absolute Gasteiger partial charge is 0.460 e. The Labute approximate surface area is 110 Å². The zero-order valence-corrected chi connectivity index (χ0v) is 11.4. The van der Waals surface area contributed by atoms with Crippen LogP contribution in [0.15, 0.2) is 15.0 Å². The van der Waals surface area contributed by atoms with Crippen molar-refractivity contribution in [3.63, 3.8) is 0 Å². The molecule has 2 aromatic heterocycles. The zero-order valence-electron chi connectivity index (χ0n) is 11.4. The van der Waals surface area contributed by atoms with Gasteiger partial charge < -0.3 is 13.7 Å². The second-order valence-corrected chi connectivity index (χ2v) is 4.43. The van der Waals surface area contributed by atoms with E-state index in [1.807, 2.05) is 13.8 Å². The lowest BCUT2D eigenvalue weighted by molar-refractivity contribution is 0.0488. The van der Waals surface area contributed by atoms with Crippen molar-refractivity contribution in [2.75, 3.05) is 6.61 Å². The van der Waals surface area contributed by atoms with Crippen molar-refractivity contribution < 1.29 is 18.5 Å². The van der Waals surface area contributed by atoms with E-state index in [1.54, 1.807) is 19.9 Å². The molecular formula is C13H16N2O4. The number of aryl methyl sites for hydroxylation is 1. The van der Waals surface area contributed by atoms with Crippen molar-refractivity contribution in [1.82, 2.24) is 10.1 Å². The highest BCUT2D eigenvalue weighted by Gasteiger charge is 2.25. The van der Waals surface area contributed by atoms with Gasteiger partial charge in [-0.3, -0.25) is 0 Å². The van der Waals surface area contributed by atoms with Gasteiger partial charge in [-0.05, 0) is 19.8 Å². The maximum absolute atomic E-state index is 11.8. The van der Waals surface area contributed by atoms with Gasteiger partial charge in [0.1, 0.15) is 5.76 Å². The number of nitrogens with zero attached hydrogens (tertiary/aromatic N) is 2. The third-order valence-corrected chi connectivity index (χ3v) is 2.51. The summed E-state index contributed by atoms with van der Waals surface area (Å²) in [5, 5.41) is 3.82. The quantitative estimate of drug-likeness (QED) is 0.790. The molecule has 19 heavy (non-hydrogen) atoms. The van der Waals surface area contributed by atoms with E-state index < -0.39 is 5.97 Å². The summed E-state index contributed by atoms with van der Waals surface area (Å²) >= 11 is 0. The molecule has 0 N–H and O–H groups in total. The first-order chi connectivity index (χ1) is 9.02. The van der Waals surface area contributed by atoms with E-state index in [1.165, 1.54) is 0 Å². The summed E-state index contributed by atoms with van der Waals surface area (Å²) in [6.07, 6.45) is 0. The van der Waals surface area contributed by atoms with Crippen molar-refractivity contribution in [3.05, 3.63) is 23.3 Å². The predicted molar refractivity (Wildman–Crippen MR) is 66.8 cm³/mol. The third kappa shape index (κ3) is 2.67. The lowest BCUT2D eigenvalue weighted by atomic mass is 10.1. The highest BCUT2D eigenvalue weighted by molar-refractivity contribution is 5.88. The van der Waals surface area contributed by atoms with Crippen LogP contribution in [0, 0.1) is 6.92 Å². The minimum atomic E-state index is -0.509. The summed E-state index contributed by atoms with van der Waals surface area (Å²) in [5.74, 6) is 0.586. The van der Waals surface area contributed by atoms with E-state index in [9.17, 15) is 4.79 Å². The molecule has 0 aliphatic rings. The number of esters is 1. The minimum Gasteiger partial charge on any atom is -0.460 e. The lowest BCUT2D eigenvalue weighted by Gasteiger charge is -2.02. The van der Waals surface area contributed by atoms with E-state index in [0.29, 0.717) is 17.1 Å². The summed E-state index contributed by atoms with van der Waals surface area (Å²) in [4.78, 5) is 16.1. The van der Waals surface area contributed by atoms with Gasteiger partial charge in [-0.25, -0.2) is 9.78 Å². The third-order valence-electron chi connectivity index (χ3n) is 2.51. The molecule has 0 saturated carbocycles. The number of rotatable bonds is 4. The van der Waals surface area contributed by atoms with Gasteiger partial charge in [-0.1, -0.05) is 19.0 Å². The standard InChI is InChI=1S/C13H16N2O4/c1-5-17-13(16)11-10(7(2)3)14-12(18-11)9-6-8(4)19-15-9/h6-7H,5H2,1-4H3. The van der Waals surface area contributed by atoms with E-state index >= 15 is 0 Å². The second-order valence-electron chi connectivity index (χ2n) is 4.43. The van der Waals surface area contributed by atoms with Crippen molar-refractivity contribution in [2.24, 2.45) is 0 Å². The molecule has 0 spiro atoms. The van der Waals surface area contributed by atoms with Crippen LogP contribution in [-0.4, -0.2) is 22.7 Å². The van der Waals surface area contributed by atoms with Crippen LogP contribution in [0.2, 0.25) is 0 Å². The van der Waals surface area contributed by atoms with Gasteiger partial charge in [0.05, 0.1) is 12.3 Å². The van der Waals surface area contributed by atoms with Crippen molar-refractivity contribution >= 4 is 5.97 Å². The number of hydrogen-bond donors (Lipinski definition) is 0. The first-order valence-electron chi connectivity index (χ1n) is 6.14. The minimum absolute atomic E-state index is 0.0462. The number of carbonyl (C=O) groups excluding carboxylic acids is 1. The van der Waals surface area contributed by atoms with Crippen LogP contribution in [-0.2, 0) is 4.74 Å². The van der Waals surface area contributed by atoms with Crippen LogP contribution in [0.3, 0.4) is 0 Å². The number of ether oxygens (including phenoxy) is 1. The number of aromatic nitrogens is 2. The summed E-state index contributed by atoms with van der Waals surface area (Å²) in [6, 6.07) is 1.70. The summed E-state index contributed by atoms with van der Waals surface area (Å²) in [5.41, 5.74) is 1.03. The van der Waals surface area contributed by atoms with Gasteiger partial charge >= 0.3 is 5.97 Å². The van der Waals surface area contributed by atoms with Crippen LogP contribution < -0.4 is 0 Å². The predicted octanol–water partition coefficient (Wildman–Crippen LogP) is 2.94. The summed E-state index contributed by atoms with van der Waals surface area (Å²) in [7, 11) is 0. The molecule has 6 heteroatoms. The molecule has 0 radical (unpaired) electrons. The Balaban J connectivity index is 2.43. The van der Waals surface area contributed by atoms with Crippen molar-refractivity contribution in [1.29, 1.82) is 0 Å². The topological polar surface area (TPSA) is 78.4 Å². The van der Waals surface area contributed by atoms with Crippen LogP contribution in [0.1, 0.15) is 48.7 Å². The fraction of sp³-hybridized carbons (Fsp3) is 0.462. The zero-order chi connectivity index (χ0) is 14.0. The lowest BCUT2D eigenvalue weighted by Crippen LogP contribution is -2.07. The van der Waals surface area contributed by atoms with Crippen LogP contribution in [0.25, 0.3) is 11.6 Å². The first kappa shape index (κ1) is 13.3. The molecule has 6 nitrogen and oxygen atoms in total. The Kier molecular flexibility index (Phi) is 3.69. The SMILES string of the molecule is CCOC(=O)c1oc(-c2cc(C)on2)nc1C(C)C. The van der Waals surface area contributed by atoms with Gasteiger partial charge in [-0.15, -0.1) is 0 Å². The van der Waals surface area contributed by atoms with Gasteiger partial charge in [0, 0.05) is 6.07 Å². The number of oxazole rings is 1. The molecule has 2 heterocycles. The average molecular weight is 264 g/mol. The average Bonchev–Trinajstić information content (AvgIpc) is 2.94. The monoisotopic (exact) mass is 264 g/mol. The Bertz CT molecular complexity index is 583. The molecule has 2 rings (SSSR count). The van der Waals surface area contributed by atoms with E-state index in [-0.39, 0.29) is 24.2 Å². The highest BCUT2D eigenvalue weighted by atomic mass is 16.5. The van der Waals surface area contributed by atoms with E-state index in [2.05, 4.69) is 10.1 Å². The van der Waals surface area contributed by atoms with E-state index in [4.69, 9.17) is 13.7 Å². The van der Waals surface area contributed by atoms with Gasteiger partial charge in [0.2, 0.25) is 11.7 Å². The molecule has 0 unspecified atom stereocenters. The van der Waals surface area contributed by atoms with Gasteiger partial charge in [0.15, 0.2) is 5.69 Å². The van der Waals surface area contributed by atoms with Crippen LogP contribution >= 0.6 is 0 Å². The molecule has 0 aromatic carbocycles. The Morgan fingerprint density at radius 2 is 2.21 bits per heavy atom. The fourth-order valence-electron chi connectivity index (χ4n) is 1.64. The molecule has 0 atom stereocenters. The number of hydrogen-bond acceptors (Lipinski definition) is 6. The van der Waals surface area contributed by atoms with Gasteiger partial charge in [0.25, 0.3) is 0 Å². The highest BCUT2D eigenvalue weighted by Crippen LogP contribution is 2.26. The molecule has 0 saturated heterocycles. The Hall–Kier alpha value is -2.11. The molecule has 2 aromatic rings. The maximum Gasteiger partial charge on any atom is 0.376 e. The smallest absolute Gasteiger partial charge is 0.376 e. The second kappa shape index (κ2) is 5.26. The van der Waals surface area contributed by atoms with Crippen LogP contribution in [0.5, 0.6) is 0 Å². The fourth-order valence-corrected chi connectivity index (χ4v) is 1.64. The van der Waals surface area contributed by atoms with Crippen molar-refractivity contribution in [3.8, 4) is 11.6 Å². The molecule has 0 amide bonds. The summed E-state index contributed by atoms with van der Waals surface area (Å²) < 4.78 is 15.4. The van der Waals surface area contributed by atoms with Gasteiger partial charge in [-0.2, -0.15) is 0 Å². The molecule has 0 fully saturated rings. The molecule has 0 aliphatic heterocycles. The molecule has 0 bridgehead atoms. The molecule has 0 aliphatic carbocycles. The first-order valence-corrected chi connectivity index (χ1v) is 6.14. The molecule has 102 valence electrons. The maximum atomic E-state index is 11.8. The van der Waals surface area contributed by atoms with Crippen LogP contribution in [0.4, 0.5) is 0 Å². The van der Waals surface area contributed by atoms with E-state index in [0.717, 1.165) is 0 Å². The van der Waals surface area contributed by atoms with Crippen molar-refractivity contribution in [2.45, 2.75) is 33.6 Å². The molecular weight excluding hydrogens is 248 g/mol. The Morgan fingerprint density at radius 1 is 1.47 bits per heavy atom. The Morgan fingerprint density at radius 3 is 2.74 bits per heavy atom.